The van der Waals surface area contributed by atoms with Crippen molar-refractivity contribution in [2.75, 3.05) is 6.54 Å². The van der Waals surface area contributed by atoms with E-state index in [-0.39, 0.29) is 18.7 Å². The molecule has 2 heterocycles. The molecule has 1 aliphatic heterocycles. The first-order chi connectivity index (χ1) is 8.50. The molecule has 2 N–H and O–H groups in total. The van der Waals surface area contributed by atoms with Crippen molar-refractivity contribution in [3.05, 3.63) is 28.5 Å². The fraction of sp³-hybridized carbons (Fsp3) is 0.364. The Balaban J connectivity index is 2.28. The average molecular weight is 315 g/mol. The van der Waals surface area contributed by atoms with E-state index < -0.39 is 24.0 Å². The lowest BCUT2D eigenvalue weighted by Gasteiger charge is -2.20. The fourth-order valence-electron chi connectivity index (χ4n) is 1.95. The van der Waals surface area contributed by atoms with Crippen molar-refractivity contribution in [3.63, 3.8) is 0 Å². The van der Waals surface area contributed by atoms with Crippen LogP contribution in [0.1, 0.15) is 16.9 Å². The highest BCUT2D eigenvalue weighted by Gasteiger charge is 2.40. The number of carbonyl (C=O) groups is 2. The first kappa shape index (κ1) is 13.0. The van der Waals surface area contributed by atoms with Gasteiger partial charge in [-0.3, -0.25) is 4.79 Å². The molecule has 1 aromatic heterocycles. The van der Waals surface area contributed by atoms with Crippen molar-refractivity contribution < 1.29 is 19.8 Å². The molecule has 1 fully saturated rings. The second-order valence-corrected chi connectivity index (χ2v) is 4.89. The van der Waals surface area contributed by atoms with E-state index in [0.717, 1.165) is 4.90 Å². The van der Waals surface area contributed by atoms with Crippen LogP contribution >= 0.6 is 15.9 Å². The second-order valence-electron chi connectivity index (χ2n) is 4.03. The Labute approximate surface area is 111 Å². The minimum atomic E-state index is -1.12. The molecule has 1 aliphatic rings. The number of aromatic nitrogens is 1. The Morgan fingerprint density at radius 2 is 2.22 bits per heavy atom. The number of carboxylic acid groups (broad SMARTS) is 1. The number of carbonyl (C=O) groups excluding carboxylic acids is 1. The van der Waals surface area contributed by atoms with E-state index in [1.165, 1.54) is 6.20 Å². The zero-order valence-electron chi connectivity index (χ0n) is 9.28. The Kier molecular flexibility index (Phi) is 3.63. The van der Waals surface area contributed by atoms with E-state index in [1.54, 1.807) is 12.1 Å². The third-order valence-corrected chi connectivity index (χ3v) is 3.43. The highest BCUT2D eigenvalue weighted by molar-refractivity contribution is 9.10. The van der Waals surface area contributed by atoms with Crippen molar-refractivity contribution in [3.8, 4) is 0 Å². The SMILES string of the molecule is O=C(O)[C@H]1C[C@@H](O)CN1C(=O)c1ncccc1Br. The second kappa shape index (κ2) is 5.03. The van der Waals surface area contributed by atoms with Gasteiger partial charge in [0.05, 0.1) is 6.10 Å². The lowest BCUT2D eigenvalue weighted by atomic mass is 10.2. The summed E-state index contributed by atoms with van der Waals surface area (Å²) >= 11 is 3.20. The summed E-state index contributed by atoms with van der Waals surface area (Å²) in [6.45, 7) is 0.0127. The highest BCUT2D eigenvalue weighted by atomic mass is 79.9. The molecule has 1 aromatic rings. The van der Waals surface area contributed by atoms with E-state index in [2.05, 4.69) is 20.9 Å². The lowest BCUT2D eigenvalue weighted by Crippen LogP contribution is -2.41. The smallest absolute Gasteiger partial charge is 0.326 e. The molecule has 96 valence electrons. The minimum absolute atomic E-state index is 0.0127. The van der Waals surface area contributed by atoms with Crippen LogP contribution in [0, 0.1) is 0 Å². The third kappa shape index (κ3) is 2.37. The molecular formula is C11H11BrN2O4. The predicted octanol–water partition coefficient (Wildman–Crippen LogP) is 0.504. The van der Waals surface area contributed by atoms with Crippen LogP contribution in [-0.4, -0.2) is 50.7 Å². The summed E-state index contributed by atoms with van der Waals surface area (Å²) in [5.41, 5.74) is 0.151. The molecule has 6 nitrogen and oxygen atoms in total. The molecule has 0 radical (unpaired) electrons. The zero-order chi connectivity index (χ0) is 13.3. The molecule has 18 heavy (non-hydrogen) atoms. The van der Waals surface area contributed by atoms with Gasteiger partial charge in [-0.05, 0) is 28.1 Å². The van der Waals surface area contributed by atoms with Crippen LogP contribution in [-0.2, 0) is 4.79 Å². The maximum Gasteiger partial charge on any atom is 0.326 e. The van der Waals surface area contributed by atoms with E-state index in [9.17, 15) is 14.7 Å². The molecule has 0 spiro atoms. The fourth-order valence-corrected chi connectivity index (χ4v) is 2.38. The van der Waals surface area contributed by atoms with E-state index in [0.29, 0.717) is 4.47 Å². The van der Waals surface area contributed by atoms with Crippen LogP contribution in [0.2, 0.25) is 0 Å². The first-order valence-electron chi connectivity index (χ1n) is 5.33. The number of likely N-dealkylation sites (tertiary alicyclic amines) is 1. The van der Waals surface area contributed by atoms with E-state index in [1.807, 2.05) is 0 Å². The number of rotatable bonds is 2. The Bertz CT molecular complexity index is 494. The van der Waals surface area contributed by atoms with Crippen LogP contribution in [0.4, 0.5) is 0 Å². The predicted molar refractivity (Wildman–Crippen MR) is 65.0 cm³/mol. The standard InChI is InChI=1S/C11H11BrN2O4/c12-7-2-1-3-13-9(7)10(16)14-5-6(15)4-8(14)11(17)18/h1-3,6,8,15H,4-5H2,(H,17,18)/t6-,8-/m1/s1. The van der Waals surface area contributed by atoms with Crippen molar-refractivity contribution in [2.45, 2.75) is 18.6 Å². The molecule has 7 heteroatoms. The number of carboxylic acids is 1. The molecule has 2 rings (SSSR count). The monoisotopic (exact) mass is 314 g/mol. The highest BCUT2D eigenvalue weighted by Crippen LogP contribution is 2.23. The van der Waals surface area contributed by atoms with E-state index in [4.69, 9.17) is 5.11 Å². The molecule has 0 unspecified atom stereocenters. The molecule has 0 aromatic carbocycles. The number of pyridine rings is 1. The lowest BCUT2D eigenvalue weighted by molar-refractivity contribution is -0.141. The number of hydrogen-bond acceptors (Lipinski definition) is 4. The van der Waals surface area contributed by atoms with Crippen LogP contribution in [0.25, 0.3) is 0 Å². The number of aliphatic carboxylic acids is 1. The van der Waals surface area contributed by atoms with Gasteiger partial charge in [0.25, 0.3) is 5.91 Å². The van der Waals surface area contributed by atoms with Gasteiger partial charge in [0.2, 0.25) is 0 Å². The van der Waals surface area contributed by atoms with Gasteiger partial charge in [-0.25, -0.2) is 9.78 Å². The summed E-state index contributed by atoms with van der Waals surface area (Å²) in [5, 5.41) is 18.5. The number of hydrogen-bond donors (Lipinski definition) is 2. The maximum atomic E-state index is 12.2. The third-order valence-electron chi connectivity index (χ3n) is 2.79. The van der Waals surface area contributed by atoms with Gasteiger partial charge in [0, 0.05) is 23.6 Å². The Hall–Kier alpha value is -1.47. The zero-order valence-corrected chi connectivity index (χ0v) is 10.9. The summed E-state index contributed by atoms with van der Waals surface area (Å²) in [5.74, 6) is -1.61. The van der Waals surface area contributed by atoms with Crippen LogP contribution in [0.15, 0.2) is 22.8 Å². The number of nitrogens with zero attached hydrogens (tertiary/aromatic N) is 2. The van der Waals surface area contributed by atoms with Crippen LogP contribution in [0.3, 0.4) is 0 Å². The molecule has 0 bridgehead atoms. The number of halogens is 1. The number of aliphatic hydroxyl groups excluding tert-OH is 1. The summed E-state index contributed by atoms with van der Waals surface area (Å²) < 4.78 is 0.500. The molecular weight excluding hydrogens is 304 g/mol. The van der Waals surface area contributed by atoms with Crippen molar-refractivity contribution in [2.24, 2.45) is 0 Å². The van der Waals surface area contributed by atoms with Crippen molar-refractivity contribution >= 4 is 27.8 Å². The number of aliphatic hydroxyl groups is 1. The Morgan fingerprint density at radius 1 is 1.50 bits per heavy atom. The van der Waals surface area contributed by atoms with Gasteiger partial charge in [0.1, 0.15) is 11.7 Å². The van der Waals surface area contributed by atoms with Crippen molar-refractivity contribution in [1.82, 2.24) is 9.88 Å². The number of amides is 1. The molecule has 1 saturated heterocycles. The summed E-state index contributed by atoms with van der Waals surface area (Å²) in [6.07, 6.45) is 0.698. The normalized spacial score (nSPS) is 23.1. The molecule has 2 atom stereocenters. The van der Waals surface area contributed by atoms with E-state index >= 15 is 0 Å². The summed E-state index contributed by atoms with van der Waals surface area (Å²) in [6, 6.07) is 2.32. The molecule has 0 saturated carbocycles. The topological polar surface area (TPSA) is 90.7 Å². The number of β-amino-alcohol motifs (C(OH)–C–C–N with tert-alkyl or cyclic N) is 1. The van der Waals surface area contributed by atoms with Gasteiger partial charge >= 0.3 is 5.97 Å². The Morgan fingerprint density at radius 3 is 2.83 bits per heavy atom. The van der Waals surface area contributed by atoms with Gasteiger partial charge in [-0.2, -0.15) is 0 Å². The van der Waals surface area contributed by atoms with Crippen molar-refractivity contribution in [1.29, 1.82) is 0 Å². The average Bonchev–Trinajstić information content (AvgIpc) is 2.71. The van der Waals surface area contributed by atoms with Crippen LogP contribution in [0.5, 0.6) is 0 Å². The molecule has 0 aliphatic carbocycles. The van der Waals surface area contributed by atoms with Crippen LogP contribution < -0.4 is 0 Å². The summed E-state index contributed by atoms with van der Waals surface area (Å²) in [4.78, 5) is 28.3. The van der Waals surface area contributed by atoms with Gasteiger partial charge in [0.15, 0.2) is 0 Å². The molecule has 1 amide bonds. The summed E-state index contributed by atoms with van der Waals surface area (Å²) in [7, 11) is 0. The maximum absolute atomic E-state index is 12.2. The largest absolute Gasteiger partial charge is 0.480 e. The first-order valence-corrected chi connectivity index (χ1v) is 6.12. The van der Waals surface area contributed by atoms with Gasteiger partial charge in [-0.1, -0.05) is 0 Å². The quantitative estimate of drug-likeness (QED) is 0.829. The van der Waals surface area contributed by atoms with Gasteiger partial charge < -0.3 is 15.1 Å². The van der Waals surface area contributed by atoms with Gasteiger partial charge in [-0.15, -0.1) is 0 Å². The minimum Gasteiger partial charge on any atom is -0.480 e.